The van der Waals surface area contributed by atoms with Crippen molar-refractivity contribution in [1.29, 1.82) is 10.7 Å². The van der Waals surface area contributed by atoms with Crippen LogP contribution in [-0.2, 0) is 0 Å². The molecule has 4 rings (SSSR count). The average molecular weight is 385 g/mol. The summed E-state index contributed by atoms with van der Waals surface area (Å²) in [5.74, 6) is -1.82. The standard InChI is InChI=1S/C19H10Cl2N2O3/c20-9-5-6-10(13(21)7-9)15-12(8-22)18(23)26-17-11-3-1-2-4-14(11)25-19(24)16(15)17/h1-7,12,15,23H. The van der Waals surface area contributed by atoms with Gasteiger partial charge in [-0.15, -0.1) is 0 Å². The van der Waals surface area contributed by atoms with Crippen LogP contribution in [-0.4, -0.2) is 5.90 Å². The molecule has 3 aromatic rings. The van der Waals surface area contributed by atoms with Crippen LogP contribution < -0.4 is 10.4 Å². The second-order valence-electron chi connectivity index (χ2n) is 5.85. The molecule has 128 valence electrons. The van der Waals surface area contributed by atoms with Gasteiger partial charge in [0.25, 0.3) is 0 Å². The number of hydrogen-bond donors (Lipinski definition) is 1. The lowest BCUT2D eigenvalue weighted by Crippen LogP contribution is -2.34. The lowest BCUT2D eigenvalue weighted by atomic mass is 9.79. The van der Waals surface area contributed by atoms with E-state index in [-0.39, 0.29) is 17.2 Å². The third kappa shape index (κ3) is 2.47. The molecule has 0 fully saturated rings. The Bertz CT molecular complexity index is 1160. The van der Waals surface area contributed by atoms with E-state index in [9.17, 15) is 10.1 Å². The van der Waals surface area contributed by atoms with Crippen LogP contribution in [0.15, 0.2) is 51.7 Å². The first kappa shape index (κ1) is 16.6. The predicted molar refractivity (Wildman–Crippen MR) is 98.2 cm³/mol. The fraction of sp³-hybridized carbons (Fsp3) is 0.105. The number of benzene rings is 2. The van der Waals surface area contributed by atoms with Crippen molar-refractivity contribution in [1.82, 2.24) is 0 Å². The Balaban J connectivity index is 2.08. The Labute approximate surface area is 157 Å². The van der Waals surface area contributed by atoms with Crippen LogP contribution in [0, 0.1) is 22.7 Å². The number of rotatable bonds is 1. The number of ether oxygens (including phenoxy) is 1. The van der Waals surface area contributed by atoms with E-state index in [0.29, 0.717) is 26.6 Å². The Kier molecular flexibility index (Phi) is 3.95. The van der Waals surface area contributed by atoms with Gasteiger partial charge in [0.15, 0.2) is 5.75 Å². The molecule has 0 aliphatic carbocycles. The molecule has 0 spiro atoms. The molecule has 7 heteroatoms. The van der Waals surface area contributed by atoms with Crippen molar-refractivity contribution in [3.8, 4) is 11.8 Å². The molecule has 26 heavy (non-hydrogen) atoms. The van der Waals surface area contributed by atoms with Crippen LogP contribution in [0.1, 0.15) is 17.0 Å². The molecule has 1 aromatic heterocycles. The molecule has 2 heterocycles. The summed E-state index contributed by atoms with van der Waals surface area (Å²) in [4.78, 5) is 12.7. The summed E-state index contributed by atoms with van der Waals surface area (Å²) in [6.07, 6.45) is 0. The maximum Gasteiger partial charge on any atom is 0.343 e. The average Bonchev–Trinajstić information content (AvgIpc) is 2.61. The molecular formula is C19H10Cl2N2O3. The third-order valence-electron chi connectivity index (χ3n) is 4.37. The fourth-order valence-electron chi connectivity index (χ4n) is 3.23. The molecule has 0 saturated heterocycles. The van der Waals surface area contributed by atoms with Crippen molar-refractivity contribution in [2.45, 2.75) is 5.92 Å². The summed E-state index contributed by atoms with van der Waals surface area (Å²) in [5, 5.41) is 19.1. The van der Waals surface area contributed by atoms with E-state index in [1.165, 1.54) is 6.07 Å². The van der Waals surface area contributed by atoms with Crippen molar-refractivity contribution >= 4 is 40.1 Å². The highest BCUT2D eigenvalue weighted by Crippen LogP contribution is 2.45. The number of halogens is 2. The van der Waals surface area contributed by atoms with E-state index in [4.69, 9.17) is 37.8 Å². The molecule has 2 aromatic carbocycles. The Morgan fingerprint density at radius 3 is 2.65 bits per heavy atom. The van der Waals surface area contributed by atoms with Gasteiger partial charge in [0.2, 0.25) is 5.90 Å². The molecule has 0 saturated carbocycles. The topological polar surface area (TPSA) is 87.1 Å². The highest BCUT2D eigenvalue weighted by Gasteiger charge is 2.41. The molecule has 2 unspecified atom stereocenters. The molecule has 0 radical (unpaired) electrons. The first-order valence-corrected chi connectivity index (χ1v) is 8.43. The van der Waals surface area contributed by atoms with Crippen LogP contribution in [0.4, 0.5) is 0 Å². The van der Waals surface area contributed by atoms with Gasteiger partial charge in [0.05, 0.1) is 17.0 Å². The van der Waals surface area contributed by atoms with Gasteiger partial charge in [0, 0.05) is 16.0 Å². The Morgan fingerprint density at radius 1 is 1.15 bits per heavy atom. The third-order valence-corrected chi connectivity index (χ3v) is 4.94. The first-order valence-electron chi connectivity index (χ1n) is 7.68. The van der Waals surface area contributed by atoms with Crippen molar-refractivity contribution in [2.24, 2.45) is 5.92 Å². The normalized spacial score (nSPS) is 18.9. The highest BCUT2D eigenvalue weighted by atomic mass is 35.5. The zero-order valence-electron chi connectivity index (χ0n) is 13.1. The van der Waals surface area contributed by atoms with Crippen molar-refractivity contribution in [3.63, 3.8) is 0 Å². The molecule has 1 N–H and O–H groups in total. The first-order chi connectivity index (χ1) is 12.5. The zero-order chi connectivity index (χ0) is 18.4. The SMILES string of the molecule is N#CC1C(=N)Oc2c(c(=O)oc3ccccc23)C1c1ccc(Cl)cc1Cl. The Hall–Kier alpha value is -2.81. The molecule has 0 bridgehead atoms. The number of fused-ring (bicyclic) bond motifs is 3. The van der Waals surface area contributed by atoms with Crippen LogP contribution >= 0.6 is 23.2 Å². The summed E-state index contributed by atoms with van der Waals surface area (Å²) in [6, 6.07) is 13.7. The lowest BCUT2D eigenvalue weighted by Gasteiger charge is -2.30. The van der Waals surface area contributed by atoms with E-state index in [0.717, 1.165) is 0 Å². The van der Waals surface area contributed by atoms with Gasteiger partial charge in [-0.3, -0.25) is 5.41 Å². The predicted octanol–water partition coefficient (Wildman–Crippen LogP) is 4.74. The van der Waals surface area contributed by atoms with Crippen molar-refractivity contribution < 1.29 is 9.15 Å². The van der Waals surface area contributed by atoms with Gasteiger partial charge in [-0.2, -0.15) is 5.26 Å². The quantitative estimate of drug-likeness (QED) is 0.613. The van der Waals surface area contributed by atoms with Crippen LogP contribution in [0.25, 0.3) is 11.0 Å². The van der Waals surface area contributed by atoms with E-state index < -0.39 is 17.5 Å². The minimum absolute atomic E-state index is 0.176. The van der Waals surface area contributed by atoms with Gasteiger partial charge in [0.1, 0.15) is 11.5 Å². The molecule has 0 amide bonds. The second kappa shape index (κ2) is 6.17. The Morgan fingerprint density at radius 2 is 1.92 bits per heavy atom. The summed E-state index contributed by atoms with van der Waals surface area (Å²) in [5.41, 5.74) is 0.415. The van der Waals surface area contributed by atoms with Crippen molar-refractivity contribution in [3.05, 3.63) is 74.1 Å². The van der Waals surface area contributed by atoms with E-state index >= 15 is 0 Å². The second-order valence-corrected chi connectivity index (χ2v) is 6.69. The molecule has 1 aliphatic rings. The molecule has 2 atom stereocenters. The monoisotopic (exact) mass is 384 g/mol. The maximum atomic E-state index is 12.7. The highest BCUT2D eigenvalue weighted by molar-refractivity contribution is 6.35. The summed E-state index contributed by atoms with van der Waals surface area (Å²) < 4.78 is 11.0. The van der Waals surface area contributed by atoms with Gasteiger partial charge < -0.3 is 9.15 Å². The van der Waals surface area contributed by atoms with E-state index in [1.807, 2.05) is 6.07 Å². The number of nitrogens with one attached hydrogen (secondary N) is 1. The van der Waals surface area contributed by atoms with Crippen LogP contribution in [0.3, 0.4) is 0 Å². The fourth-order valence-corrected chi connectivity index (χ4v) is 3.75. The summed E-state index contributed by atoms with van der Waals surface area (Å²) in [6.45, 7) is 0. The van der Waals surface area contributed by atoms with Gasteiger partial charge >= 0.3 is 5.63 Å². The van der Waals surface area contributed by atoms with Crippen LogP contribution in [0.2, 0.25) is 10.0 Å². The number of hydrogen-bond acceptors (Lipinski definition) is 5. The zero-order valence-corrected chi connectivity index (χ0v) is 14.6. The minimum Gasteiger partial charge on any atom is -0.441 e. The minimum atomic E-state index is -1.01. The van der Waals surface area contributed by atoms with E-state index in [1.54, 1.807) is 36.4 Å². The lowest BCUT2D eigenvalue weighted by molar-refractivity contribution is 0.431. The number of nitrogens with zero attached hydrogens (tertiary/aromatic N) is 1. The molecule has 1 aliphatic heterocycles. The van der Waals surface area contributed by atoms with Gasteiger partial charge in [-0.1, -0.05) is 41.4 Å². The van der Waals surface area contributed by atoms with E-state index in [2.05, 4.69) is 0 Å². The smallest absolute Gasteiger partial charge is 0.343 e. The maximum absolute atomic E-state index is 12.7. The number of para-hydroxylation sites is 1. The summed E-state index contributed by atoms with van der Waals surface area (Å²) in [7, 11) is 0. The van der Waals surface area contributed by atoms with Gasteiger partial charge in [-0.25, -0.2) is 4.79 Å². The van der Waals surface area contributed by atoms with Crippen LogP contribution in [0.5, 0.6) is 5.75 Å². The molecule has 5 nitrogen and oxygen atoms in total. The van der Waals surface area contributed by atoms with Crippen molar-refractivity contribution in [2.75, 3.05) is 0 Å². The summed E-state index contributed by atoms with van der Waals surface area (Å²) >= 11 is 12.3. The molecular weight excluding hydrogens is 375 g/mol. The van der Waals surface area contributed by atoms with Gasteiger partial charge in [-0.05, 0) is 29.8 Å². The number of nitriles is 1. The largest absolute Gasteiger partial charge is 0.441 e.